The van der Waals surface area contributed by atoms with Crippen molar-refractivity contribution in [3.8, 4) is 78.3 Å². The lowest BCUT2D eigenvalue weighted by molar-refractivity contribution is 0.490. The summed E-state index contributed by atoms with van der Waals surface area (Å²) in [6.07, 6.45) is 9.44. The van der Waals surface area contributed by atoms with E-state index in [0.29, 0.717) is 0 Å². The summed E-state index contributed by atoms with van der Waals surface area (Å²) in [7, 11) is -3.94. The van der Waals surface area contributed by atoms with E-state index in [1.807, 2.05) is 0 Å². The second-order valence-corrected chi connectivity index (χ2v) is 40.5. The van der Waals surface area contributed by atoms with Crippen LogP contribution in [0, 0.1) is 34.9 Å². The van der Waals surface area contributed by atoms with Crippen LogP contribution in [0.2, 0.25) is 58.9 Å². The monoisotopic (exact) mass is 1160 g/mol. The number of nitrogens with zero attached hydrogens (tertiary/aromatic N) is 2. The molecule has 0 atom stereocenters. The zero-order valence-corrected chi connectivity index (χ0v) is 52.1. The number of halogens is 2. The van der Waals surface area contributed by atoms with E-state index in [0.717, 1.165) is 66.8 Å². The largest absolute Gasteiger partial charge is 0.236 e. The highest BCUT2D eigenvalue weighted by atomic mass is 79.9. The first-order chi connectivity index (χ1) is 34.0. The maximum atomic E-state index is 5.12. The highest BCUT2D eigenvalue weighted by Crippen LogP contribution is 2.55. The molecule has 8 aromatic rings. The molecule has 0 bridgehead atoms. The molecule has 0 saturated carbocycles. The van der Waals surface area contributed by atoms with Crippen molar-refractivity contribution < 1.29 is 0 Å². The molecule has 2 aliphatic carbocycles. The summed E-state index contributed by atoms with van der Waals surface area (Å²) in [5.74, 6) is 6.90. The minimum Gasteiger partial charge on any atom is -0.236 e. The summed E-state index contributed by atoms with van der Waals surface area (Å²) in [6, 6.07) is 40.3. The van der Waals surface area contributed by atoms with E-state index in [4.69, 9.17) is 16.4 Å². The molecule has 10 rings (SSSR count). The fourth-order valence-electron chi connectivity index (χ4n) is 10.00. The normalized spacial score (nSPS) is 13.7. The van der Waals surface area contributed by atoms with Crippen LogP contribution in [-0.4, -0.2) is 34.2 Å². The van der Waals surface area contributed by atoms with Crippen molar-refractivity contribution in [3.05, 3.63) is 152 Å². The molecule has 0 aliphatic heterocycles. The second kappa shape index (κ2) is 21.0. The van der Waals surface area contributed by atoms with Gasteiger partial charge in [0.25, 0.3) is 0 Å². The molecule has 9 heteroatoms. The van der Waals surface area contributed by atoms with Gasteiger partial charge in [0.05, 0.1) is 20.4 Å². The Morgan fingerprint density at radius 3 is 1.28 bits per heavy atom. The number of benzene rings is 6. The van der Waals surface area contributed by atoms with Crippen LogP contribution in [0.15, 0.2) is 118 Å². The van der Waals surface area contributed by atoms with Crippen LogP contribution in [0.3, 0.4) is 0 Å². The van der Waals surface area contributed by atoms with Gasteiger partial charge in [-0.2, -0.15) is 0 Å². The molecule has 2 aromatic heterocycles. The number of thiazole rings is 2. The number of hydrogen-bond acceptors (Lipinski definition) is 4. The Morgan fingerprint density at radius 2 is 0.819 bits per heavy atom. The van der Waals surface area contributed by atoms with Crippen molar-refractivity contribution in [2.75, 3.05) is 0 Å². The molecular formula is C63H66Br2N2S2Si3. The van der Waals surface area contributed by atoms with Gasteiger partial charge >= 0.3 is 0 Å². The standard InChI is InChI=1S/C34H37NSSi2.C24H19Br2NS.C5H10Si/c1-9-34(10-2)29-21-24(17-19-37(3,4)5)11-14-27(29)28-15-13-26(23-30(28)34)33-35-31-16-12-25(22-32(31)36-33)18-20-38(6,7)8;1-3-24(4-2)19-11-14(23-27-21-10-7-16(26)13-22(21)28-23)5-8-17(19)18-9-6-15(25)12-20(18)24;1-5-6(2,3)4/h11-16,21-23H,9-10H2,1-8H3;5-13H,3-4H2,1-2H3;1H,2-4H3. The first-order valence-corrected chi connectivity index (χ1v) is 39.0. The van der Waals surface area contributed by atoms with Crippen LogP contribution >= 0.6 is 54.5 Å². The average molecular weight is 1160 g/mol. The molecule has 0 radical (unpaired) electrons. The Hall–Kier alpha value is -4.61. The topological polar surface area (TPSA) is 25.8 Å². The van der Waals surface area contributed by atoms with Crippen LogP contribution < -0.4 is 0 Å². The Labute approximate surface area is 458 Å². The smallest absolute Gasteiger partial charge is 0.129 e. The summed E-state index contributed by atoms with van der Waals surface area (Å²) in [5.41, 5.74) is 27.9. The first kappa shape index (κ1) is 53.7. The second-order valence-electron chi connectivity index (χ2n) is 22.3. The minimum atomic E-state index is -1.43. The van der Waals surface area contributed by atoms with E-state index in [2.05, 4.69) is 256 Å². The lowest BCUT2D eigenvalue weighted by Gasteiger charge is -2.30. The van der Waals surface area contributed by atoms with E-state index < -0.39 is 24.2 Å². The van der Waals surface area contributed by atoms with E-state index in [-0.39, 0.29) is 10.8 Å². The van der Waals surface area contributed by atoms with Gasteiger partial charge in [-0.25, -0.2) is 9.97 Å². The Balaban J connectivity index is 0.000000179. The van der Waals surface area contributed by atoms with Crippen molar-refractivity contribution in [2.45, 2.75) is 123 Å². The van der Waals surface area contributed by atoms with Crippen LogP contribution in [0.25, 0.3) is 63.8 Å². The Bertz CT molecular complexity index is 3540. The predicted octanol–water partition coefficient (Wildman–Crippen LogP) is 19.6. The molecule has 0 N–H and O–H groups in total. The molecule has 0 saturated heterocycles. The summed E-state index contributed by atoms with van der Waals surface area (Å²) in [5, 5.41) is 2.17. The van der Waals surface area contributed by atoms with Crippen LogP contribution in [0.1, 0.15) is 86.8 Å². The van der Waals surface area contributed by atoms with Crippen molar-refractivity contribution in [3.63, 3.8) is 0 Å². The highest BCUT2D eigenvalue weighted by molar-refractivity contribution is 9.10. The van der Waals surface area contributed by atoms with Gasteiger partial charge in [-0.3, -0.25) is 0 Å². The zero-order valence-electron chi connectivity index (χ0n) is 44.3. The van der Waals surface area contributed by atoms with Gasteiger partial charge in [-0.15, -0.1) is 45.7 Å². The van der Waals surface area contributed by atoms with Gasteiger partial charge in [-0.05, 0) is 143 Å². The third-order valence-corrected chi connectivity index (χ3v) is 19.7. The average Bonchev–Trinajstić information content (AvgIpc) is 4.10. The molecule has 366 valence electrons. The van der Waals surface area contributed by atoms with E-state index in [1.54, 1.807) is 22.7 Å². The van der Waals surface area contributed by atoms with Crippen LogP contribution in [0.5, 0.6) is 0 Å². The molecule has 0 spiro atoms. The summed E-state index contributed by atoms with van der Waals surface area (Å²) >= 11 is 10.8. The maximum Gasteiger partial charge on any atom is 0.129 e. The van der Waals surface area contributed by atoms with Crippen molar-refractivity contribution in [1.29, 1.82) is 0 Å². The van der Waals surface area contributed by atoms with Crippen LogP contribution in [0.4, 0.5) is 0 Å². The molecule has 6 aromatic carbocycles. The van der Waals surface area contributed by atoms with Gasteiger partial charge in [0, 0.05) is 42.0 Å². The summed E-state index contributed by atoms with van der Waals surface area (Å²) < 4.78 is 4.67. The molecule has 0 amide bonds. The fourth-order valence-corrected chi connectivity index (χ4v) is 13.9. The number of fused-ring (bicyclic) bond motifs is 8. The van der Waals surface area contributed by atoms with Gasteiger partial charge < -0.3 is 0 Å². The van der Waals surface area contributed by atoms with Crippen molar-refractivity contribution in [2.24, 2.45) is 0 Å². The summed E-state index contributed by atoms with van der Waals surface area (Å²) in [4.78, 5) is 9.94. The Kier molecular flexibility index (Phi) is 15.6. The van der Waals surface area contributed by atoms with Gasteiger partial charge in [0.15, 0.2) is 0 Å². The van der Waals surface area contributed by atoms with Crippen molar-refractivity contribution in [1.82, 2.24) is 9.97 Å². The van der Waals surface area contributed by atoms with Gasteiger partial charge in [-0.1, -0.05) is 167 Å². The zero-order chi connectivity index (χ0) is 52.0. The molecule has 2 heterocycles. The number of terminal acetylenes is 1. The van der Waals surface area contributed by atoms with Crippen LogP contribution in [-0.2, 0) is 10.8 Å². The number of rotatable bonds is 6. The fraction of sp³-hybridized carbons (Fsp3) is 0.302. The lowest BCUT2D eigenvalue weighted by Crippen LogP contribution is -2.23. The third kappa shape index (κ3) is 11.1. The summed E-state index contributed by atoms with van der Waals surface area (Å²) in [6.45, 7) is 29.5. The SMILES string of the molecule is C#C[Si](C)(C)C.CCC1(CC)c2cc(Br)ccc2-c2ccc(-c3nc4ccc(Br)cc4s3)cc21.CCC1(CC)c2cc(C#C[Si](C)(C)C)ccc2-c2ccc(-c3nc4ccc(C#C[Si](C)(C)C)cc4s3)cc21. The molecule has 0 unspecified atom stereocenters. The Morgan fingerprint density at radius 1 is 0.458 bits per heavy atom. The third-order valence-electron chi connectivity index (χ3n) is 13.9. The molecule has 0 fully saturated rings. The first-order valence-electron chi connectivity index (χ1n) is 25.3. The van der Waals surface area contributed by atoms with Crippen molar-refractivity contribution >= 4 is 99.2 Å². The maximum absolute atomic E-state index is 5.12. The van der Waals surface area contributed by atoms with E-state index >= 15 is 0 Å². The predicted molar refractivity (Wildman–Crippen MR) is 332 cm³/mol. The van der Waals surface area contributed by atoms with E-state index in [1.165, 1.54) is 65.0 Å². The van der Waals surface area contributed by atoms with Gasteiger partial charge in [0.2, 0.25) is 0 Å². The molecule has 2 nitrogen and oxygen atoms in total. The highest BCUT2D eigenvalue weighted by Gasteiger charge is 2.42. The minimum absolute atomic E-state index is 0.00775. The molecule has 72 heavy (non-hydrogen) atoms. The number of aromatic nitrogens is 2. The van der Waals surface area contributed by atoms with Gasteiger partial charge in [0.1, 0.15) is 34.2 Å². The quantitative estimate of drug-likeness (QED) is 0.122. The molecule has 2 aliphatic rings. The number of hydrogen-bond donors (Lipinski definition) is 0. The molecular weight excluding hydrogens is 1090 g/mol. The lowest BCUT2D eigenvalue weighted by atomic mass is 9.73. The van der Waals surface area contributed by atoms with E-state index in [9.17, 15) is 0 Å².